The third-order valence-electron chi connectivity index (χ3n) is 4.45. The lowest BCUT2D eigenvalue weighted by Crippen LogP contribution is -2.21. The van der Waals surface area contributed by atoms with Gasteiger partial charge in [0.1, 0.15) is 0 Å². The summed E-state index contributed by atoms with van der Waals surface area (Å²) < 4.78 is 0. The highest BCUT2D eigenvalue weighted by atomic mass is 16.4. The molecule has 27 heavy (non-hydrogen) atoms. The molecule has 1 aliphatic heterocycles. The highest BCUT2D eigenvalue weighted by molar-refractivity contribution is 5.99. The zero-order valence-electron chi connectivity index (χ0n) is 17.1. The summed E-state index contributed by atoms with van der Waals surface area (Å²) in [4.78, 5) is 18.0. The maximum Gasteiger partial charge on any atom is 0.337 e. The van der Waals surface area contributed by atoms with Crippen molar-refractivity contribution in [3.63, 3.8) is 0 Å². The van der Waals surface area contributed by atoms with Gasteiger partial charge in [-0.1, -0.05) is 51.7 Å². The van der Waals surface area contributed by atoms with Crippen molar-refractivity contribution in [2.75, 3.05) is 7.05 Å². The molecule has 0 radical (unpaired) electrons. The van der Waals surface area contributed by atoms with E-state index in [9.17, 15) is 9.90 Å². The number of aliphatic imine (C=N–C) groups is 1. The minimum absolute atomic E-state index is 0.227. The first kappa shape index (κ1) is 22.6. The number of nitrogens with one attached hydrogen (secondary N) is 1. The third kappa shape index (κ3) is 6.66. The van der Waals surface area contributed by atoms with Crippen LogP contribution in [0.3, 0.4) is 0 Å². The fourth-order valence-electron chi connectivity index (χ4n) is 2.98. The number of carbonyl (C=O) groups is 1. The van der Waals surface area contributed by atoms with Crippen molar-refractivity contribution < 1.29 is 9.90 Å². The molecule has 0 aromatic carbocycles. The molecule has 1 rings (SSSR count). The van der Waals surface area contributed by atoms with Crippen LogP contribution in [-0.2, 0) is 4.79 Å². The summed E-state index contributed by atoms with van der Waals surface area (Å²) in [6, 6.07) is 0. The highest BCUT2D eigenvalue weighted by Crippen LogP contribution is 2.26. The van der Waals surface area contributed by atoms with Crippen molar-refractivity contribution in [1.82, 2.24) is 4.90 Å². The van der Waals surface area contributed by atoms with E-state index in [1.807, 2.05) is 19.3 Å². The van der Waals surface area contributed by atoms with Crippen molar-refractivity contribution in [2.24, 2.45) is 4.99 Å². The fraction of sp³-hybridized carbons (Fsp3) is 0.500. The van der Waals surface area contributed by atoms with Crippen molar-refractivity contribution in [3.8, 4) is 0 Å². The van der Waals surface area contributed by atoms with E-state index in [0.717, 1.165) is 56.2 Å². The largest absolute Gasteiger partial charge is 0.478 e. The average Bonchev–Trinajstić information content (AvgIpc) is 2.64. The molecule has 2 N–H and O–H groups in total. The lowest BCUT2D eigenvalue weighted by molar-refractivity contribution is -0.132. The summed E-state index contributed by atoms with van der Waals surface area (Å²) in [5, 5.41) is 17.4. The van der Waals surface area contributed by atoms with Gasteiger partial charge >= 0.3 is 5.97 Å². The highest BCUT2D eigenvalue weighted by Gasteiger charge is 2.19. The lowest BCUT2D eigenvalue weighted by atomic mass is 9.96. The van der Waals surface area contributed by atoms with Crippen molar-refractivity contribution >= 4 is 18.4 Å². The molecule has 0 saturated carbocycles. The first-order chi connectivity index (χ1) is 13.0. The minimum atomic E-state index is -0.968. The molecule has 5 heteroatoms. The smallest absolute Gasteiger partial charge is 0.337 e. The normalized spacial score (nSPS) is 17.0. The molecule has 0 aromatic heterocycles. The quantitative estimate of drug-likeness (QED) is 0.373. The Kier molecular flexibility index (Phi) is 10.1. The van der Waals surface area contributed by atoms with Gasteiger partial charge < -0.3 is 15.4 Å². The molecule has 1 aliphatic rings. The number of allylic oxidation sites excluding steroid dienone is 4. The van der Waals surface area contributed by atoms with Gasteiger partial charge in [0.2, 0.25) is 0 Å². The molecule has 5 nitrogen and oxygen atoms in total. The van der Waals surface area contributed by atoms with Gasteiger partial charge in [0, 0.05) is 25.0 Å². The molecule has 0 amide bonds. The van der Waals surface area contributed by atoms with Crippen LogP contribution in [0.5, 0.6) is 0 Å². The molecule has 0 bridgehead atoms. The Labute approximate surface area is 163 Å². The van der Waals surface area contributed by atoms with E-state index in [1.54, 1.807) is 17.2 Å². The molecule has 0 spiro atoms. The number of nitrogens with zero attached hydrogens (tertiary/aromatic N) is 2. The van der Waals surface area contributed by atoms with Crippen LogP contribution in [0.25, 0.3) is 0 Å². The van der Waals surface area contributed by atoms with Gasteiger partial charge in [0.05, 0.1) is 23.2 Å². The number of rotatable bonds is 11. The van der Waals surface area contributed by atoms with Crippen LogP contribution in [0, 0.1) is 5.41 Å². The van der Waals surface area contributed by atoms with Gasteiger partial charge in [-0.05, 0) is 31.8 Å². The van der Waals surface area contributed by atoms with Gasteiger partial charge in [-0.15, -0.1) is 0 Å². The predicted octanol–water partition coefficient (Wildman–Crippen LogP) is 5.48. The topological polar surface area (TPSA) is 76.7 Å². The number of unbranched alkanes of at least 4 members (excludes halogenated alkanes) is 2. The number of carboxylic acids is 1. The van der Waals surface area contributed by atoms with E-state index in [2.05, 4.69) is 25.8 Å². The van der Waals surface area contributed by atoms with E-state index in [-0.39, 0.29) is 5.57 Å². The molecule has 0 fully saturated rings. The SMILES string of the molecule is CCC/C=C/C(C(=O)O)=C1/C=NC(/C(C=N)=C(/CCC)CCCC)=CN1C. The summed E-state index contributed by atoms with van der Waals surface area (Å²) >= 11 is 0. The fourth-order valence-corrected chi connectivity index (χ4v) is 2.98. The summed E-state index contributed by atoms with van der Waals surface area (Å²) in [7, 11) is 1.82. The zero-order chi connectivity index (χ0) is 20.2. The maximum atomic E-state index is 11.7. The maximum absolute atomic E-state index is 11.7. The Hall–Kier alpha value is -2.43. The lowest BCUT2D eigenvalue weighted by Gasteiger charge is -2.23. The Morgan fingerprint density at radius 1 is 1.22 bits per heavy atom. The van der Waals surface area contributed by atoms with Gasteiger partial charge in [-0.25, -0.2) is 4.79 Å². The average molecular weight is 372 g/mol. The van der Waals surface area contributed by atoms with Crippen molar-refractivity contribution in [1.29, 1.82) is 5.41 Å². The first-order valence-electron chi connectivity index (χ1n) is 9.85. The van der Waals surface area contributed by atoms with Crippen molar-refractivity contribution in [2.45, 2.75) is 65.7 Å². The Bertz CT molecular complexity index is 682. The van der Waals surface area contributed by atoms with E-state index in [0.29, 0.717) is 5.70 Å². The van der Waals surface area contributed by atoms with E-state index >= 15 is 0 Å². The molecule has 0 atom stereocenters. The molecular weight excluding hydrogens is 338 g/mol. The zero-order valence-corrected chi connectivity index (χ0v) is 17.1. The van der Waals surface area contributed by atoms with Gasteiger partial charge in [0.15, 0.2) is 0 Å². The van der Waals surface area contributed by atoms with Crippen LogP contribution in [0.1, 0.15) is 65.7 Å². The summed E-state index contributed by atoms with van der Waals surface area (Å²) in [6.45, 7) is 6.36. The minimum Gasteiger partial charge on any atom is -0.478 e. The van der Waals surface area contributed by atoms with Crippen LogP contribution < -0.4 is 0 Å². The molecule has 148 valence electrons. The van der Waals surface area contributed by atoms with E-state index in [4.69, 9.17) is 5.41 Å². The van der Waals surface area contributed by atoms with E-state index in [1.165, 1.54) is 11.8 Å². The molecule has 0 aromatic rings. The second-order valence-corrected chi connectivity index (χ2v) is 6.69. The van der Waals surface area contributed by atoms with Crippen molar-refractivity contribution in [3.05, 3.63) is 46.5 Å². The Morgan fingerprint density at radius 3 is 2.48 bits per heavy atom. The third-order valence-corrected chi connectivity index (χ3v) is 4.45. The Morgan fingerprint density at radius 2 is 1.96 bits per heavy atom. The molecule has 0 unspecified atom stereocenters. The Balaban J connectivity index is 3.27. The molecule has 1 heterocycles. The second-order valence-electron chi connectivity index (χ2n) is 6.69. The molecule has 0 saturated heterocycles. The van der Waals surface area contributed by atoms with Gasteiger partial charge in [-0.3, -0.25) is 4.99 Å². The van der Waals surface area contributed by atoms with Crippen LogP contribution >= 0.6 is 0 Å². The summed E-state index contributed by atoms with van der Waals surface area (Å²) in [5.41, 5.74) is 3.60. The number of hydrogen-bond acceptors (Lipinski definition) is 4. The van der Waals surface area contributed by atoms with Crippen LogP contribution in [0.4, 0.5) is 0 Å². The standard InChI is InChI=1S/C22H33N3O2/c1-5-8-10-13-18(22(26)27)21-15-24-20(16-25(21)4)19(14-23)17(11-7-3)12-9-6-2/h10,13-16,23H,5-9,11-12H2,1-4H3,(H,26,27)/b13-10+,19-17-,21-18+,23-14?. The number of hydrogen-bond donors (Lipinski definition) is 2. The van der Waals surface area contributed by atoms with Gasteiger partial charge in [-0.2, -0.15) is 0 Å². The predicted molar refractivity (Wildman–Crippen MR) is 113 cm³/mol. The van der Waals surface area contributed by atoms with Crippen LogP contribution in [0.15, 0.2) is 51.5 Å². The van der Waals surface area contributed by atoms with Gasteiger partial charge in [0.25, 0.3) is 0 Å². The first-order valence-corrected chi connectivity index (χ1v) is 9.85. The monoisotopic (exact) mass is 371 g/mol. The van der Waals surface area contributed by atoms with Crippen LogP contribution in [0.2, 0.25) is 0 Å². The van der Waals surface area contributed by atoms with E-state index < -0.39 is 5.97 Å². The second kappa shape index (κ2) is 12.0. The number of carboxylic acid groups (broad SMARTS) is 1. The summed E-state index contributed by atoms with van der Waals surface area (Å²) in [6.07, 6.45) is 15.3. The molecule has 0 aliphatic carbocycles. The van der Waals surface area contributed by atoms with Crippen LogP contribution in [-0.4, -0.2) is 35.5 Å². The summed E-state index contributed by atoms with van der Waals surface area (Å²) in [5.74, 6) is -0.968. The number of aliphatic carboxylic acids is 1. The molecular formula is C22H33N3O2.